The van der Waals surface area contributed by atoms with Crippen LogP contribution in [0.3, 0.4) is 0 Å². The highest BCUT2D eigenvalue weighted by atomic mass is 32.2. The van der Waals surface area contributed by atoms with Gasteiger partial charge in [0.05, 0.1) is 14.2 Å². The van der Waals surface area contributed by atoms with Crippen LogP contribution >= 0.6 is 0 Å². The standard InChI is InChI=1S/C23H32N2O5S/c1-5-14-25(15-6-2)23(26)19-10-11-21(30-4)22(17-19)31(27,28)24-13-12-18-8-7-9-20(16-18)29-3/h7-11,16-17,24H,5-6,12-15H2,1-4H3. The molecule has 2 rings (SSSR count). The summed E-state index contributed by atoms with van der Waals surface area (Å²) in [6, 6.07) is 12.0. The van der Waals surface area contributed by atoms with Gasteiger partial charge in [-0.25, -0.2) is 13.1 Å². The predicted octanol–water partition coefficient (Wildman–Crippen LogP) is 3.49. The van der Waals surface area contributed by atoms with Gasteiger partial charge in [0.25, 0.3) is 5.91 Å². The van der Waals surface area contributed by atoms with Crippen molar-refractivity contribution in [2.24, 2.45) is 0 Å². The maximum absolute atomic E-state index is 13.0. The third-order valence-corrected chi connectivity index (χ3v) is 6.30. The quantitative estimate of drug-likeness (QED) is 0.537. The van der Waals surface area contributed by atoms with Crippen molar-refractivity contribution in [3.8, 4) is 11.5 Å². The largest absolute Gasteiger partial charge is 0.497 e. The lowest BCUT2D eigenvalue weighted by atomic mass is 10.1. The van der Waals surface area contributed by atoms with Gasteiger partial charge in [0.2, 0.25) is 10.0 Å². The molecule has 0 aliphatic carbocycles. The Balaban J connectivity index is 2.21. The zero-order valence-electron chi connectivity index (χ0n) is 18.7. The van der Waals surface area contributed by atoms with Gasteiger partial charge in [-0.3, -0.25) is 4.79 Å². The minimum atomic E-state index is -3.87. The van der Waals surface area contributed by atoms with Crippen LogP contribution in [-0.2, 0) is 16.4 Å². The van der Waals surface area contributed by atoms with E-state index in [0.717, 1.165) is 24.2 Å². The van der Waals surface area contributed by atoms with Gasteiger partial charge in [-0.05, 0) is 55.2 Å². The molecule has 0 aromatic heterocycles. The molecule has 0 heterocycles. The first-order valence-electron chi connectivity index (χ1n) is 10.5. The van der Waals surface area contributed by atoms with Crippen molar-refractivity contribution >= 4 is 15.9 Å². The molecule has 170 valence electrons. The first kappa shape index (κ1) is 24.7. The van der Waals surface area contributed by atoms with Gasteiger partial charge in [0.1, 0.15) is 16.4 Å². The average molecular weight is 449 g/mol. The Morgan fingerprint density at radius 3 is 2.32 bits per heavy atom. The first-order chi connectivity index (χ1) is 14.9. The molecule has 0 aliphatic rings. The molecule has 0 saturated carbocycles. The highest BCUT2D eigenvalue weighted by Crippen LogP contribution is 2.25. The summed E-state index contributed by atoms with van der Waals surface area (Å²) in [6.07, 6.45) is 2.16. The highest BCUT2D eigenvalue weighted by Gasteiger charge is 2.23. The van der Waals surface area contributed by atoms with E-state index < -0.39 is 10.0 Å². The Labute approximate surface area is 185 Å². The molecular weight excluding hydrogens is 416 g/mol. The number of benzene rings is 2. The Bertz CT molecular complexity index is 970. The zero-order chi connectivity index (χ0) is 22.9. The second-order valence-electron chi connectivity index (χ2n) is 7.16. The van der Waals surface area contributed by atoms with Gasteiger partial charge in [-0.1, -0.05) is 26.0 Å². The van der Waals surface area contributed by atoms with Crippen LogP contribution in [0.4, 0.5) is 0 Å². The number of carbonyl (C=O) groups is 1. The zero-order valence-corrected chi connectivity index (χ0v) is 19.5. The van der Waals surface area contributed by atoms with Crippen molar-refractivity contribution in [2.75, 3.05) is 33.9 Å². The lowest BCUT2D eigenvalue weighted by Crippen LogP contribution is -2.33. The molecule has 0 aliphatic heterocycles. The van der Waals surface area contributed by atoms with Crippen LogP contribution in [0.5, 0.6) is 11.5 Å². The first-order valence-corrected chi connectivity index (χ1v) is 11.9. The molecular formula is C23H32N2O5S. The summed E-state index contributed by atoms with van der Waals surface area (Å²) in [5.74, 6) is 0.735. The maximum Gasteiger partial charge on any atom is 0.253 e. The van der Waals surface area contributed by atoms with E-state index in [-0.39, 0.29) is 23.1 Å². The predicted molar refractivity (Wildman–Crippen MR) is 121 cm³/mol. The Morgan fingerprint density at radius 2 is 1.71 bits per heavy atom. The summed E-state index contributed by atoms with van der Waals surface area (Å²) < 4.78 is 39.0. The second-order valence-corrected chi connectivity index (χ2v) is 8.89. The molecule has 0 spiro atoms. The topological polar surface area (TPSA) is 84.9 Å². The van der Waals surface area contributed by atoms with Gasteiger partial charge in [-0.15, -0.1) is 0 Å². The van der Waals surface area contributed by atoms with E-state index in [1.807, 2.05) is 38.1 Å². The fraction of sp³-hybridized carbons (Fsp3) is 0.435. The summed E-state index contributed by atoms with van der Waals surface area (Å²) in [4.78, 5) is 14.6. The molecule has 31 heavy (non-hydrogen) atoms. The minimum Gasteiger partial charge on any atom is -0.497 e. The Kier molecular flexibility index (Phi) is 9.33. The fourth-order valence-corrected chi connectivity index (χ4v) is 4.52. The van der Waals surface area contributed by atoms with Crippen LogP contribution in [0.2, 0.25) is 0 Å². The average Bonchev–Trinajstić information content (AvgIpc) is 2.78. The van der Waals surface area contributed by atoms with E-state index in [4.69, 9.17) is 9.47 Å². The molecule has 2 aromatic carbocycles. The smallest absolute Gasteiger partial charge is 0.253 e. The lowest BCUT2D eigenvalue weighted by Gasteiger charge is -2.22. The Hall–Kier alpha value is -2.58. The van der Waals surface area contributed by atoms with Gasteiger partial charge >= 0.3 is 0 Å². The van der Waals surface area contributed by atoms with Gasteiger partial charge in [0.15, 0.2) is 0 Å². The van der Waals surface area contributed by atoms with Crippen LogP contribution < -0.4 is 14.2 Å². The summed E-state index contributed by atoms with van der Waals surface area (Å²) in [6.45, 7) is 5.46. The molecule has 0 saturated heterocycles. The number of sulfonamides is 1. The maximum atomic E-state index is 13.0. The number of amides is 1. The molecule has 0 radical (unpaired) electrons. The van der Waals surface area contributed by atoms with E-state index in [9.17, 15) is 13.2 Å². The number of hydrogen-bond donors (Lipinski definition) is 1. The second kappa shape index (κ2) is 11.7. The molecule has 1 amide bonds. The third-order valence-electron chi connectivity index (χ3n) is 4.81. The van der Waals surface area contributed by atoms with Crippen LogP contribution in [-0.4, -0.2) is 53.1 Å². The summed E-state index contributed by atoms with van der Waals surface area (Å²) in [5.41, 5.74) is 1.28. The number of nitrogens with zero attached hydrogens (tertiary/aromatic N) is 1. The molecule has 8 heteroatoms. The van der Waals surface area contributed by atoms with Gasteiger partial charge in [-0.2, -0.15) is 0 Å². The van der Waals surface area contributed by atoms with Crippen molar-refractivity contribution in [2.45, 2.75) is 38.0 Å². The summed E-state index contributed by atoms with van der Waals surface area (Å²) in [5, 5.41) is 0. The summed E-state index contributed by atoms with van der Waals surface area (Å²) in [7, 11) is -0.875. The molecule has 0 bridgehead atoms. The molecule has 2 aromatic rings. The normalized spacial score (nSPS) is 11.2. The minimum absolute atomic E-state index is 0.0422. The lowest BCUT2D eigenvalue weighted by molar-refractivity contribution is 0.0755. The van der Waals surface area contributed by atoms with Crippen LogP contribution in [0.15, 0.2) is 47.4 Å². The van der Waals surface area contributed by atoms with E-state index >= 15 is 0 Å². The van der Waals surface area contributed by atoms with E-state index in [1.165, 1.54) is 19.2 Å². The van der Waals surface area contributed by atoms with Crippen LogP contribution in [0, 0.1) is 0 Å². The number of rotatable bonds is 12. The molecule has 0 atom stereocenters. The SMILES string of the molecule is CCCN(CCC)C(=O)c1ccc(OC)c(S(=O)(=O)NCCc2cccc(OC)c2)c1. The van der Waals surface area contributed by atoms with Crippen molar-refractivity contribution in [3.05, 3.63) is 53.6 Å². The van der Waals surface area contributed by atoms with Crippen molar-refractivity contribution < 1.29 is 22.7 Å². The van der Waals surface area contributed by atoms with Crippen molar-refractivity contribution in [1.82, 2.24) is 9.62 Å². The van der Waals surface area contributed by atoms with Crippen LogP contribution in [0.25, 0.3) is 0 Å². The number of hydrogen-bond acceptors (Lipinski definition) is 5. The monoisotopic (exact) mass is 448 g/mol. The Morgan fingerprint density at radius 1 is 1.00 bits per heavy atom. The number of methoxy groups -OCH3 is 2. The third kappa shape index (κ3) is 6.70. The number of nitrogens with one attached hydrogen (secondary N) is 1. The van der Waals surface area contributed by atoms with Crippen LogP contribution in [0.1, 0.15) is 42.6 Å². The van der Waals surface area contributed by atoms with E-state index in [0.29, 0.717) is 25.1 Å². The molecule has 0 fully saturated rings. The number of ether oxygens (including phenoxy) is 2. The van der Waals surface area contributed by atoms with E-state index in [2.05, 4.69) is 4.72 Å². The summed E-state index contributed by atoms with van der Waals surface area (Å²) >= 11 is 0. The fourth-order valence-electron chi connectivity index (χ4n) is 3.29. The van der Waals surface area contributed by atoms with Gasteiger partial charge in [0, 0.05) is 25.2 Å². The van der Waals surface area contributed by atoms with Crippen molar-refractivity contribution in [3.63, 3.8) is 0 Å². The number of carbonyl (C=O) groups excluding carboxylic acids is 1. The highest BCUT2D eigenvalue weighted by molar-refractivity contribution is 7.89. The molecule has 1 N–H and O–H groups in total. The van der Waals surface area contributed by atoms with E-state index in [1.54, 1.807) is 18.1 Å². The molecule has 0 unspecified atom stereocenters. The van der Waals surface area contributed by atoms with Crippen molar-refractivity contribution in [1.29, 1.82) is 0 Å². The molecule has 7 nitrogen and oxygen atoms in total. The van der Waals surface area contributed by atoms with Gasteiger partial charge < -0.3 is 14.4 Å².